The molecule has 0 spiro atoms. The number of oxime groups is 4. The molecule has 37 heavy (non-hydrogen) atoms. The summed E-state index contributed by atoms with van der Waals surface area (Å²) in [5.41, 5.74) is 1.25. The van der Waals surface area contributed by atoms with E-state index in [1.807, 2.05) is 18.2 Å². The van der Waals surface area contributed by atoms with Gasteiger partial charge in [0, 0.05) is 29.2 Å². The second kappa shape index (κ2) is 35.7. The summed E-state index contributed by atoms with van der Waals surface area (Å²) in [6, 6.07) is 5.72. The first-order valence-electron chi connectivity index (χ1n) is 12.8. The predicted octanol–water partition coefficient (Wildman–Crippen LogP) is 7.97. The fraction of sp³-hybridized carbons (Fsp3) is 0.630. The molecule has 1 rings (SSSR count). The number of nitrogens with zero attached hydrogens (tertiary/aromatic N) is 5. The van der Waals surface area contributed by atoms with Crippen LogP contribution >= 0.6 is 0 Å². The Hall–Kier alpha value is -2.46. The molecule has 1 aromatic rings. The molecule has 0 aliphatic carbocycles. The van der Waals surface area contributed by atoms with E-state index in [1.54, 1.807) is 12.4 Å². The molecule has 0 saturated heterocycles. The van der Waals surface area contributed by atoms with Crippen LogP contribution in [0, 0.1) is 6.92 Å². The van der Waals surface area contributed by atoms with Crippen molar-refractivity contribution in [2.24, 2.45) is 20.6 Å². The van der Waals surface area contributed by atoms with Crippen LogP contribution in [0.15, 0.2) is 51.2 Å². The van der Waals surface area contributed by atoms with Crippen molar-refractivity contribution in [3.8, 4) is 0 Å². The van der Waals surface area contributed by atoms with E-state index in [1.165, 1.54) is 98.3 Å². The van der Waals surface area contributed by atoms with Crippen LogP contribution in [0.2, 0.25) is 0 Å². The van der Waals surface area contributed by atoms with Gasteiger partial charge in [-0.3, -0.25) is 4.98 Å². The van der Waals surface area contributed by atoms with Crippen LogP contribution in [0.4, 0.5) is 0 Å². The Balaban J connectivity index is -0.000000205. The second-order valence-electron chi connectivity index (χ2n) is 8.16. The maximum Gasteiger partial charge on any atom is 0.101 e. The van der Waals surface area contributed by atoms with Gasteiger partial charge in [-0.1, -0.05) is 104 Å². The maximum absolute atomic E-state index is 8.03. The SMILES string of the molecule is CC(=N\O)/C(C)=N/O.CC(=N\O)/C(C)=N/O.[CH2-]CCCCCCCCCCCCC.[Co].c1ccncc1. The monoisotopic (exact) mass is 567 g/mol. The van der Waals surface area contributed by atoms with E-state index in [0.717, 1.165) is 6.42 Å². The molecule has 217 valence electrons. The molecule has 0 aliphatic heterocycles. The Morgan fingerprint density at radius 3 is 1.05 bits per heavy atom. The van der Waals surface area contributed by atoms with Crippen LogP contribution in [0.3, 0.4) is 0 Å². The largest absolute Gasteiger partial charge is 0.411 e. The van der Waals surface area contributed by atoms with Gasteiger partial charge < -0.3 is 27.8 Å². The topological polar surface area (TPSA) is 143 Å². The van der Waals surface area contributed by atoms with Crippen molar-refractivity contribution in [1.29, 1.82) is 0 Å². The van der Waals surface area contributed by atoms with Gasteiger partial charge in [-0.25, -0.2) is 0 Å². The van der Waals surface area contributed by atoms with Crippen LogP contribution in [-0.4, -0.2) is 48.7 Å². The zero-order chi connectivity index (χ0) is 27.9. The number of hydrogen-bond donors (Lipinski definition) is 4. The van der Waals surface area contributed by atoms with Crippen molar-refractivity contribution in [2.45, 2.75) is 112 Å². The average Bonchev–Trinajstić information content (AvgIpc) is 2.94. The van der Waals surface area contributed by atoms with E-state index in [-0.39, 0.29) is 16.8 Å². The van der Waals surface area contributed by atoms with E-state index in [9.17, 15) is 0 Å². The number of aromatic nitrogens is 1. The fourth-order valence-corrected chi connectivity index (χ4v) is 2.44. The minimum Gasteiger partial charge on any atom is -0.411 e. The van der Waals surface area contributed by atoms with Crippen molar-refractivity contribution >= 4 is 22.8 Å². The van der Waals surface area contributed by atoms with E-state index in [2.05, 4.69) is 39.5 Å². The summed E-state index contributed by atoms with van der Waals surface area (Å²) in [7, 11) is 0. The van der Waals surface area contributed by atoms with E-state index >= 15 is 0 Å². The summed E-state index contributed by atoms with van der Waals surface area (Å²) >= 11 is 0. The van der Waals surface area contributed by atoms with Crippen molar-refractivity contribution in [3.63, 3.8) is 0 Å². The normalized spacial score (nSPS) is 11.5. The molecule has 0 aliphatic rings. The summed E-state index contributed by atoms with van der Waals surface area (Å²) in [6.07, 6.45) is 20.4. The number of rotatable bonds is 13. The average molecular weight is 568 g/mol. The summed E-state index contributed by atoms with van der Waals surface area (Å²) in [4.78, 5) is 3.78. The van der Waals surface area contributed by atoms with Gasteiger partial charge in [-0.15, -0.1) is 0 Å². The van der Waals surface area contributed by atoms with Crippen molar-refractivity contribution in [3.05, 3.63) is 37.5 Å². The maximum atomic E-state index is 8.03. The number of pyridine rings is 1. The molecule has 0 atom stereocenters. The molecule has 0 unspecified atom stereocenters. The first-order valence-corrected chi connectivity index (χ1v) is 12.8. The Morgan fingerprint density at radius 2 is 0.865 bits per heavy atom. The predicted molar refractivity (Wildman–Crippen MR) is 150 cm³/mol. The van der Waals surface area contributed by atoms with Gasteiger partial charge in [0.2, 0.25) is 0 Å². The molecular weight excluding hydrogens is 517 g/mol. The molecule has 10 heteroatoms. The summed E-state index contributed by atoms with van der Waals surface area (Å²) < 4.78 is 0. The zero-order valence-electron chi connectivity index (χ0n) is 23.4. The quantitative estimate of drug-likeness (QED) is 0.0628. The number of unbranched alkanes of at least 4 members (excludes halogenated alkanes) is 11. The van der Waals surface area contributed by atoms with Crippen LogP contribution in [-0.2, 0) is 16.8 Å². The Bertz CT molecular complexity index is 597. The first-order chi connectivity index (χ1) is 17.4. The summed E-state index contributed by atoms with van der Waals surface area (Å²) in [5, 5.41) is 43.3. The van der Waals surface area contributed by atoms with Crippen LogP contribution in [0.5, 0.6) is 0 Å². The molecule has 4 N–H and O–H groups in total. The standard InChI is InChI=1S/C14H29.C5H5N.2C4H8N2O2.Co/c1-3-5-7-9-11-13-14-12-10-8-6-4-2;1-2-4-6-5-3-1;2*1-3(5-7)4(2)6-8;/h1,3-14H2,2H3;1-5H;2*7-8H,1-2H3;/q-1;;;;/b;;2*5-3+,6-4+;. The molecular formula is C27H50CoN5O4-. The first kappa shape index (κ1) is 41.7. The minimum absolute atomic E-state index is 0. The van der Waals surface area contributed by atoms with Gasteiger partial charge >= 0.3 is 0 Å². The smallest absolute Gasteiger partial charge is 0.101 e. The van der Waals surface area contributed by atoms with Gasteiger partial charge in [0.05, 0.1) is 0 Å². The van der Waals surface area contributed by atoms with E-state index in [4.69, 9.17) is 20.8 Å². The summed E-state index contributed by atoms with van der Waals surface area (Å²) in [5.74, 6) is 0. The molecule has 0 amide bonds. The van der Waals surface area contributed by atoms with Crippen LogP contribution in [0.1, 0.15) is 112 Å². The molecule has 0 bridgehead atoms. The van der Waals surface area contributed by atoms with Gasteiger partial charge in [0.1, 0.15) is 22.8 Å². The minimum atomic E-state index is 0. The van der Waals surface area contributed by atoms with Gasteiger partial charge in [-0.05, 0) is 39.8 Å². The van der Waals surface area contributed by atoms with Crippen molar-refractivity contribution in [2.75, 3.05) is 0 Å². The van der Waals surface area contributed by atoms with E-state index in [0.29, 0.717) is 22.8 Å². The Kier molecular flexibility index (Phi) is 40.2. The Morgan fingerprint density at radius 1 is 0.568 bits per heavy atom. The second-order valence-corrected chi connectivity index (χ2v) is 8.16. The third-order valence-corrected chi connectivity index (χ3v) is 5.07. The third kappa shape index (κ3) is 35.8. The molecule has 0 aromatic carbocycles. The molecule has 0 fully saturated rings. The number of hydrogen-bond acceptors (Lipinski definition) is 9. The van der Waals surface area contributed by atoms with Gasteiger partial charge in [0.25, 0.3) is 0 Å². The third-order valence-electron chi connectivity index (χ3n) is 5.07. The molecule has 1 radical (unpaired) electrons. The Labute approximate surface area is 235 Å². The van der Waals surface area contributed by atoms with Crippen molar-refractivity contribution in [1.82, 2.24) is 4.98 Å². The molecule has 0 saturated carbocycles. The van der Waals surface area contributed by atoms with Gasteiger partial charge in [0.15, 0.2) is 0 Å². The molecule has 9 nitrogen and oxygen atoms in total. The molecule has 1 heterocycles. The van der Waals surface area contributed by atoms with Crippen molar-refractivity contribution < 1.29 is 37.6 Å². The van der Waals surface area contributed by atoms with Crippen LogP contribution in [0.25, 0.3) is 0 Å². The summed E-state index contributed by atoms with van der Waals surface area (Å²) in [6.45, 7) is 12.3. The van der Waals surface area contributed by atoms with E-state index < -0.39 is 0 Å². The van der Waals surface area contributed by atoms with Gasteiger partial charge in [-0.2, -0.15) is 6.42 Å². The zero-order valence-corrected chi connectivity index (χ0v) is 24.5. The fourth-order valence-electron chi connectivity index (χ4n) is 2.44. The molecule has 1 aromatic heterocycles. The van der Waals surface area contributed by atoms with Crippen LogP contribution < -0.4 is 0 Å².